The molecule has 1 saturated heterocycles. The second-order valence-electron chi connectivity index (χ2n) is 8.67. The number of hydrogen-bond acceptors (Lipinski definition) is 4. The number of aryl methyl sites for hydroxylation is 2. The largest absolute Gasteiger partial charge is 0.352 e. The van der Waals surface area contributed by atoms with Crippen LogP contribution >= 0.6 is 0 Å². The molecule has 1 aliphatic rings. The average Bonchev–Trinajstić information content (AvgIpc) is 3.31. The maximum Gasteiger partial charge on any atom is 0.243 e. The molecule has 0 atom stereocenters. The van der Waals surface area contributed by atoms with Gasteiger partial charge in [0.2, 0.25) is 15.9 Å². The van der Waals surface area contributed by atoms with Crippen LogP contribution in [0.2, 0.25) is 0 Å². The van der Waals surface area contributed by atoms with E-state index in [0.717, 1.165) is 22.3 Å². The van der Waals surface area contributed by atoms with Crippen LogP contribution in [-0.2, 0) is 27.9 Å². The van der Waals surface area contributed by atoms with Gasteiger partial charge in [0, 0.05) is 44.5 Å². The maximum atomic E-state index is 13.1. The molecule has 33 heavy (non-hydrogen) atoms. The normalized spacial score (nSPS) is 15.5. The lowest BCUT2D eigenvalue weighted by molar-refractivity contribution is -0.126. The van der Waals surface area contributed by atoms with Crippen LogP contribution < -0.4 is 5.32 Å². The number of sulfonamides is 1. The van der Waals surface area contributed by atoms with Crippen LogP contribution in [0.5, 0.6) is 0 Å². The monoisotopic (exact) mass is 466 g/mol. The summed E-state index contributed by atoms with van der Waals surface area (Å²) in [6.07, 6.45) is 6.47. The van der Waals surface area contributed by atoms with Gasteiger partial charge in [0.25, 0.3) is 0 Å². The van der Waals surface area contributed by atoms with Gasteiger partial charge in [0.05, 0.1) is 11.2 Å². The highest BCUT2D eigenvalue weighted by Gasteiger charge is 2.32. The Bertz CT molecular complexity index is 1210. The van der Waals surface area contributed by atoms with Crippen LogP contribution in [-0.4, -0.2) is 41.3 Å². The van der Waals surface area contributed by atoms with Crippen LogP contribution in [0, 0.1) is 19.8 Å². The SMILES string of the molecule is Cc1ccc(S(=O)(=O)N2CCC(C(=O)NCc3ccccc3Cn3ccnc3)CC2)c(C)c1. The Morgan fingerprint density at radius 2 is 1.82 bits per heavy atom. The summed E-state index contributed by atoms with van der Waals surface area (Å²) >= 11 is 0. The van der Waals surface area contributed by atoms with E-state index in [2.05, 4.69) is 16.4 Å². The second-order valence-corrected chi connectivity index (χ2v) is 10.6. The van der Waals surface area contributed by atoms with Crippen LogP contribution in [0.3, 0.4) is 0 Å². The Morgan fingerprint density at radius 3 is 2.48 bits per heavy atom. The Labute approximate surface area is 195 Å². The molecule has 1 amide bonds. The lowest BCUT2D eigenvalue weighted by Crippen LogP contribution is -2.43. The first-order chi connectivity index (χ1) is 15.8. The lowest BCUT2D eigenvalue weighted by Gasteiger charge is -2.31. The quantitative estimate of drug-likeness (QED) is 0.579. The van der Waals surface area contributed by atoms with Crippen LogP contribution in [0.4, 0.5) is 0 Å². The number of nitrogens with one attached hydrogen (secondary N) is 1. The average molecular weight is 467 g/mol. The summed E-state index contributed by atoms with van der Waals surface area (Å²) in [5, 5.41) is 3.06. The Morgan fingerprint density at radius 1 is 1.09 bits per heavy atom. The Balaban J connectivity index is 1.34. The van der Waals surface area contributed by atoms with Crippen molar-refractivity contribution in [2.24, 2.45) is 5.92 Å². The molecule has 2 aromatic carbocycles. The molecular formula is C25H30N4O3S. The number of imidazole rings is 1. The van der Waals surface area contributed by atoms with Gasteiger partial charge in [-0.3, -0.25) is 4.79 Å². The first kappa shape index (κ1) is 23.2. The predicted molar refractivity (Wildman–Crippen MR) is 127 cm³/mol. The van der Waals surface area contributed by atoms with Gasteiger partial charge in [0.15, 0.2) is 0 Å². The molecule has 3 aromatic rings. The molecule has 4 rings (SSSR count). The summed E-state index contributed by atoms with van der Waals surface area (Å²) in [7, 11) is -3.55. The van der Waals surface area contributed by atoms with Gasteiger partial charge in [-0.05, 0) is 49.4 Å². The molecule has 174 valence electrons. The number of aromatic nitrogens is 2. The van der Waals surface area contributed by atoms with E-state index in [1.165, 1.54) is 4.31 Å². The Kier molecular flexibility index (Phi) is 6.95. The van der Waals surface area contributed by atoms with Gasteiger partial charge < -0.3 is 9.88 Å². The minimum Gasteiger partial charge on any atom is -0.352 e. The van der Waals surface area contributed by atoms with E-state index in [1.807, 2.05) is 54.9 Å². The minimum absolute atomic E-state index is 0.0176. The van der Waals surface area contributed by atoms with Gasteiger partial charge in [-0.2, -0.15) is 4.31 Å². The highest BCUT2D eigenvalue weighted by atomic mass is 32.2. The third kappa shape index (κ3) is 5.34. The zero-order chi connectivity index (χ0) is 23.4. The highest BCUT2D eigenvalue weighted by Crippen LogP contribution is 2.26. The van der Waals surface area contributed by atoms with E-state index in [0.29, 0.717) is 43.9 Å². The predicted octanol–water partition coefficient (Wildman–Crippen LogP) is 3.27. The van der Waals surface area contributed by atoms with E-state index in [4.69, 9.17) is 0 Å². The van der Waals surface area contributed by atoms with Gasteiger partial charge in [0.1, 0.15) is 0 Å². The third-order valence-electron chi connectivity index (χ3n) is 6.26. The van der Waals surface area contributed by atoms with Crippen molar-refractivity contribution in [1.82, 2.24) is 19.2 Å². The first-order valence-corrected chi connectivity index (χ1v) is 12.7. The summed E-state index contributed by atoms with van der Waals surface area (Å²) in [5.74, 6) is -0.202. The number of amides is 1. The molecule has 0 aliphatic carbocycles. The summed E-state index contributed by atoms with van der Waals surface area (Å²) in [6, 6.07) is 13.4. The van der Waals surface area contributed by atoms with Crippen molar-refractivity contribution in [2.45, 2.75) is 44.7 Å². The van der Waals surface area contributed by atoms with Crippen molar-refractivity contribution in [2.75, 3.05) is 13.1 Å². The number of nitrogens with zero attached hydrogens (tertiary/aromatic N) is 3. The molecule has 8 heteroatoms. The van der Waals surface area contributed by atoms with Gasteiger partial charge >= 0.3 is 0 Å². The molecule has 0 bridgehead atoms. The standard InChI is InChI=1S/C25H30N4O3S/c1-19-7-8-24(20(2)15-19)33(31,32)29-12-9-21(10-13-29)25(30)27-16-22-5-3-4-6-23(22)17-28-14-11-26-18-28/h3-8,11,14-15,18,21H,9-10,12-13,16-17H2,1-2H3,(H,27,30). The zero-order valence-corrected chi connectivity index (χ0v) is 19.9. The highest BCUT2D eigenvalue weighted by molar-refractivity contribution is 7.89. The summed E-state index contributed by atoms with van der Waals surface area (Å²) in [5.41, 5.74) is 3.98. The molecule has 1 fully saturated rings. The van der Waals surface area contributed by atoms with Crippen LogP contribution in [0.1, 0.15) is 35.1 Å². The minimum atomic E-state index is -3.55. The Hall–Kier alpha value is -2.97. The second kappa shape index (κ2) is 9.89. The van der Waals surface area contributed by atoms with Crippen molar-refractivity contribution in [3.8, 4) is 0 Å². The fraction of sp³-hybridized carbons (Fsp3) is 0.360. The summed E-state index contributed by atoms with van der Waals surface area (Å²) in [4.78, 5) is 17.3. The molecule has 2 heterocycles. The molecule has 0 spiro atoms. The lowest BCUT2D eigenvalue weighted by atomic mass is 9.97. The van der Waals surface area contributed by atoms with Crippen molar-refractivity contribution < 1.29 is 13.2 Å². The molecule has 0 radical (unpaired) electrons. The van der Waals surface area contributed by atoms with E-state index in [9.17, 15) is 13.2 Å². The number of rotatable bonds is 7. The fourth-order valence-electron chi connectivity index (χ4n) is 4.37. The van der Waals surface area contributed by atoms with Crippen molar-refractivity contribution in [3.63, 3.8) is 0 Å². The van der Waals surface area contributed by atoms with Gasteiger partial charge in [-0.15, -0.1) is 0 Å². The van der Waals surface area contributed by atoms with Crippen LogP contribution in [0.15, 0.2) is 66.1 Å². The molecule has 1 aromatic heterocycles. The topological polar surface area (TPSA) is 84.3 Å². The van der Waals surface area contributed by atoms with E-state index in [1.54, 1.807) is 18.6 Å². The van der Waals surface area contributed by atoms with E-state index < -0.39 is 10.0 Å². The van der Waals surface area contributed by atoms with E-state index >= 15 is 0 Å². The number of hydrogen-bond donors (Lipinski definition) is 1. The molecule has 0 saturated carbocycles. The zero-order valence-electron chi connectivity index (χ0n) is 19.1. The molecule has 7 nitrogen and oxygen atoms in total. The summed E-state index contributed by atoms with van der Waals surface area (Å²) < 4.78 is 29.7. The number of benzene rings is 2. The molecule has 1 aliphatic heterocycles. The van der Waals surface area contributed by atoms with Gasteiger partial charge in [-0.25, -0.2) is 13.4 Å². The molecule has 1 N–H and O–H groups in total. The molecule has 0 unspecified atom stereocenters. The number of carbonyl (C=O) groups excluding carboxylic acids is 1. The fourth-order valence-corrected chi connectivity index (χ4v) is 6.05. The molecular weight excluding hydrogens is 436 g/mol. The van der Waals surface area contributed by atoms with E-state index in [-0.39, 0.29) is 11.8 Å². The van der Waals surface area contributed by atoms with Gasteiger partial charge in [-0.1, -0.05) is 42.0 Å². The number of carbonyl (C=O) groups is 1. The van der Waals surface area contributed by atoms with Crippen LogP contribution in [0.25, 0.3) is 0 Å². The number of piperidine rings is 1. The maximum absolute atomic E-state index is 13.1. The van der Waals surface area contributed by atoms with Crippen molar-refractivity contribution in [1.29, 1.82) is 0 Å². The summed E-state index contributed by atoms with van der Waals surface area (Å²) in [6.45, 7) is 5.62. The van der Waals surface area contributed by atoms with Crippen molar-refractivity contribution in [3.05, 3.63) is 83.4 Å². The first-order valence-electron chi connectivity index (χ1n) is 11.2. The third-order valence-corrected chi connectivity index (χ3v) is 8.32. The van der Waals surface area contributed by atoms with Crippen molar-refractivity contribution >= 4 is 15.9 Å². The smallest absolute Gasteiger partial charge is 0.243 e.